The highest BCUT2D eigenvalue weighted by molar-refractivity contribution is 7.99. The van der Waals surface area contributed by atoms with Crippen LogP contribution >= 0.6 is 0 Å². The van der Waals surface area contributed by atoms with Gasteiger partial charge in [-0.25, -0.2) is 23.6 Å². The van der Waals surface area contributed by atoms with Crippen LogP contribution in [0.5, 0.6) is 5.88 Å². The molecule has 1 aliphatic heterocycles. The predicted molar refractivity (Wildman–Crippen MR) is 122 cm³/mol. The van der Waals surface area contributed by atoms with E-state index in [1.807, 2.05) is 6.92 Å². The number of carbonyl (C=O) groups excluding carboxylic acids is 1. The highest BCUT2D eigenvalue weighted by atomic mass is 32.2. The first-order valence-electron chi connectivity index (χ1n) is 10.2. The first kappa shape index (κ1) is 22.0. The molecular formula is C21H25FN6O3S. The number of ether oxygens (including phenoxy) is 1. The van der Waals surface area contributed by atoms with E-state index >= 15 is 4.39 Å². The van der Waals surface area contributed by atoms with Crippen molar-refractivity contribution >= 4 is 33.1 Å². The summed E-state index contributed by atoms with van der Waals surface area (Å²) in [5.41, 5.74) is 5.63. The zero-order chi connectivity index (χ0) is 23.1. The third-order valence-electron chi connectivity index (χ3n) is 5.95. The van der Waals surface area contributed by atoms with Gasteiger partial charge in [0.25, 0.3) is 5.91 Å². The Bertz CT molecular complexity index is 1180. The molecule has 3 atom stereocenters. The van der Waals surface area contributed by atoms with Gasteiger partial charge in [-0.15, -0.1) is 0 Å². The molecule has 9 nitrogen and oxygen atoms in total. The van der Waals surface area contributed by atoms with Gasteiger partial charge in [0.15, 0.2) is 0 Å². The van der Waals surface area contributed by atoms with Crippen LogP contribution in [0.25, 0.3) is 0 Å². The Kier molecular flexibility index (Phi) is 5.53. The van der Waals surface area contributed by atoms with Crippen LogP contribution in [0, 0.1) is 5.82 Å². The number of nitrogens with zero attached hydrogens (tertiary/aromatic N) is 4. The number of aliphatic imine (C=N–C) groups is 1. The van der Waals surface area contributed by atoms with Gasteiger partial charge in [-0.05, 0) is 50.3 Å². The summed E-state index contributed by atoms with van der Waals surface area (Å²) in [7, 11) is -1.22. The van der Waals surface area contributed by atoms with Crippen LogP contribution in [-0.2, 0) is 15.2 Å². The van der Waals surface area contributed by atoms with Crippen molar-refractivity contribution < 1.29 is 18.1 Å². The van der Waals surface area contributed by atoms with Crippen molar-refractivity contribution in [3.05, 3.63) is 47.7 Å². The number of anilines is 1. The second kappa shape index (κ2) is 8.05. The van der Waals surface area contributed by atoms with Crippen molar-refractivity contribution in [2.45, 2.75) is 37.0 Å². The van der Waals surface area contributed by atoms with E-state index in [-0.39, 0.29) is 17.2 Å². The third-order valence-corrected chi connectivity index (χ3v) is 8.57. The second-order valence-electron chi connectivity index (χ2n) is 7.78. The van der Waals surface area contributed by atoms with E-state index in [2.05, 4.69) is 26.1 Å². The van der Waals surface area contributed by atoms with Crippen LogP contribution in [0.15, 0.2) is 35.6 Å². The van der Waals surface area contributed by atoms with E-state index in [1.165, 1.54) is 34.9 Å². The largest absolute Gasteiger partial charge is 0.477 e. The summed E-state index contributed by atoms with van der Waals surface area (Å²) >= 11 is 0. The first-order valence-corrected chi connectivity index (χ1v) is 12.0. The molecule has 1 aliphatic carbocycles. The van der Waals surface area contributed by atoms with E-state index in [0.717, 1.165) is 0 Å². The molecule has 1 fully saturated rings. The molecule has 1 aromatic heterocycles. The number of carbonyl (C=O) groups is 1. The molecule has 4 rings (SSSR count). The SMILES string of the molecule is C=S1(=O)C2CCC[C@]2(c2cc(NC(=O)c3cnc(OCC)cn3)ccc2F)N=C(N)N1C. The normalized spacial score (nSPS) is 26.9. The molecule has 1 saturated carbocycles. The van der Waals surface area contributed by atoms with Crippen molar-refractivity contribution in [2.75, 3.05) is 19.0 Å². The molecule has 0 spiro atoms. The van der Waals surface area contributed by atoms with Gasteiger partial charge in [0, 0.05) is 18.3 Å². The second-order valence-corrected chi connectivity index (χ2v) is 10.3. The summed E-state index contributed by atoms with van der Waals surface area (Å²) < 4.78 is 35.1. The fourth-order valence-corrected chi connectivity index (χ4v) is 6.53. The Labute approximate surface area is 186 Å². The van der Waals surface area contributed by atoms with Crippen molar-refractivity contribution in [2.24, 2.45) is 10.7 Å². The number of amides is 1. The fourth-order valence-electron chi connectivity index (χ4n) is 4.35. The van der Waals surface area contributed by atoms with E-state index in [1.54, 1.807) is 7.05 Å². The number of guanidine groups is 1. The zero-order valence-corrected chi connectivity index (χ0v) is 18.7. The summed E-state index contributed by atoms with van der Waals surface area (Å²) in [6, 6.07) is 4.22. The molecule has 0 saturated heterocycles. The van der Waals surface area contributed by atoms with Crippen LogP contribution in [0.3, 0.4) is 0 Å². The highest BCUT2D eigenvalue weighted by Gasteiger charge is 2.54. The predicted octanol–water partition coefficient (Wildman–Crippen LogP) is 1.91. The van der Waals surface area contributed by atoms with E-state index < -0.39 is 32.2 Å². The standard InChI is InChI=1S/C21H25FN6O3S/c1-4-31-18-12-24-16(11-25-18)19(29)26-13-7-8-15(22)14(10-13)21-9-5-6-17(21)32(3,30)28(2)20(23)27-21/h7-8,10-12,17H,3-6,9H2,1-2H3,(H2,23,27)(H,26,29)/t17?,21-,32?/m1/s1. The van der Waals surface area contributed by atoms with E-state index in [9.17, 15) is 9.00 Å². The summed E-state index contributed by atoms with van der Waals surface area (Å²) in [4.78, 5) is 25.3. The van der Waals surface area contributed by atoms with E-state index in [0.29, 0.717) is 37.4 Å². The smallest absolute Gasteiger partial charge is 0.275 e. The minimum Gasteiger partial charge on any atom is -0.477 e. The van der Waals surface area contributed by atoms with Crippen LogP contribution in [0.4, 0.5) is 10.1 Å². The molecule has 2 unspecified atom stereocenters. The molecular weight excluding hydrogens is 435 g/mol. The van der Waals surface area contributed by atoms with Gasteiger partial charge in [-0.1, -0.05) is 0 Å². The number of halogens is 1. The Balaban J connectivity index is 1.68. The molecule has 2 aliphatic rings. The lowest BCUT2D eigenvalue weighted by atomic mass is 9.87. The number of nitrogens with two attached hydrogens (primary N) is 1. The van der Waals surface area contributed by atoms with Crippen molar-refractivity contribution in [3.63, 3.8) is 0 Å². The maximum absolute atomic E-state index is 15.1. The van der Waals surface area contributed by atoms with Crippen LogP contribution in [0.1, 0.15) is 42.2 Å². The lowest BCUT2D eigenvalue weighted by Crippen LogP contribution is -2.55. The summed E-state index contributed by atoms with van der Waals surface area (Å²) in [6.07, 6.45) is 4.44. The molecule has 0 bridgehead atoms. The molecule has 2 heterocycles. The average molecular weight is 461 g/mol. The Morgan fingerprint density at radius 3 is 2.91 bits per heavy atom. The molecule has 3 N–H and O–H groups in total. The number of hydrogen-bond donors (Lipinski definition) is 2. The number of fused-ring (bicyclic) bond motifs is 1. The van der Waals surface area contributed by atoms with Gasteiger partial charge in [0.05, 0.1) is 34.0 Å². The number of rotatable bonds is 5. The molecule has 0 radical (unpaired) electrons. The number of nitrogens with one attached hydrogen (secondary N) is 1. The quantitative estimate of drug-likeness (QED) is 0.657. The van der Waals surface area contributed by atoms with Gasteiger partial charge >= 0.3 is 0 Å². The number of hydrogen-bond acceptors (Lipinski definition) is 7. The minimum atomic E-state index is -2.81. The Morgan fingerprint density at radius 1 is 1.44 bits per heavy atom. The molecule has 32 heavy (non-hydrogen) atoms. The van der Waals surface area contributed by atoms with Gasteiger partial charge in [-0.2, -0.15) is 0 Å². The topological polar surface area (TPSA) is 123 Å². The maximum atomic E-state index is 15.1. The van der Waals surface area contributed by atoms with Gasteiger partial charge < -0.3 is 15.8 Å². The number of benzene rings is 1. The Hall–Kier alpha value is -3.21. The van der Waals surface area contributed by atoms with Crippen molar-refractivity contribution in [1.29, 1.82) is 0 Å². The molecule has 2 aromatic rings. The molecule has 11 heteroatoms. The highest BCUT2D eigenvalue weighted by Crippen LogP contribution is 2.49. The van der Waals surface area contributed by atoms with Crippen molar-refractivity contribution in [3.8, 4) is 5.88 Å². The van der Waals surface area contributed by atoms with E-state index in [4.69, 9.17) is 10.5 Å². The first-order chi connectivity index (χ1) is 15.2. The maximum Gasteiger partial charge on any atom is 0.275 e. The summed E-state index contributed by atoms with van der Waals surface area (Å²) in [5.74, 6) is 3.26. The third kappa shape index (κ3) is 3.56. The fraction of sp³-hybridized carbons (Fsp3) is 0.381. The minimum absolute atomic E-state index is 0.0571. The van der Waals surface area contributed by atoms with Crippen molar-refractivity contribution in [1.82, 2.24) is 14.3 Å². The van der Waals surface area contributed by atoms with Crippen LogP contribution in [0.2, 0.25) is 0 Å². The van der Waals surface area contributed by atoms with Crippen LogP contribution < -0.4 is 15.8 Å². The average Bonchev–Trinajstić information content (AvgIpc) is 3.20. The molecule has 170 valence electrons. The zero-order valence-electron chi connectivity index (χ0n) is 17.9. The lowest BCUT2D eigenvalue weighted by molar-refractivity contribution is 0.102. The summed E-state index contributed by atoms with van der Waals surface area (Å²) in [5, 5.41) is 2.21. The molecule has 1 amide bonds. The number of aromatic nitrogens is 2. The van der Waals surface area contributed by atoms with Crippen LogP contribution in [-0.4, -0.2) is 55.1 Å². The lowest BCUT2D eigenvalue weighted by Gasteiger charge is -2.42. The van der Waals surface area contributed by atoms with Gasteiger partial charge in [0.2, 0.25) is 11.8 Å². The molecule has 1 aromatic carbocycles. The van der Waals surface area contributed by atoms with Gasteiger partial charge in [0.1, 0.15) is 17.1 Å². The van der Waals surface area contributed by atoms with Gasteiger partial charge in [-0.3, -0.25) is 9.10 Å². The Morgan fingerprint density at radius 2 is 2.22 bits per heavy atom. The monoisotopic (exact) mass is 460 g/mol. The summed E-state index contributed by atoms with van der Waals surface area (Å²) in [6.45, 7) is 2.25.